The van der Waals surface area contributed by atoms with Gasteiger partial charge in [-0.15, -0.1) is 11.3 Å². The van der Waals surface area contributed by atoms with E-state index in [0.29, 0.717) is 12.1 Å². The molecule has 0 bridgehead atoms. The van der Waals surface area contributed by atoms with Crippen LogP contribution in [0.25, 0.3) is 0 Å². The molecular weight excluding hydrogens is 278 g/mol. The van der Waals surface area contributed by atoms with Crippen LogP contribution >= 0.6 is 11.3 Å². The Hall–Kier alpha value is -0.380. The van der Waals surface area contributed by atoms with E-state index < -0.39 is 0 Å². The van der Waals surface area contributed by atoms with Crippen LogP contribution in [0.4, 0.5) is 0 Å². The van der Waals surface area contributed by atoms with Gasteiger partial charge in [-0.05, 0) is 37.3 Å². The fourth-order valence-corrected chi connectivity index (χ4v) is 4.18. The number of aryl methyl sites for hydroxylation is 1. The van der Waals surface area contributed by atoms with Crippen LogP contribution in [-0.4, -0.2) is 12.1 Å². The van der Waals surface area contributed by atoms with Gasteiger partial charge in [0.25, 0.3) is 0 Å². The van der Waals surface area contributed by atoms with Gasteiger partial charge in [0.05, 0.1) is 12.7 Å². The van der Waals surface area contributed by atoms with Crippen molar-refractivity contribution in [2.75, 3.05) is 0 Å². The minimum absolute atomic E-state index is 0.486. The van der Waals surface area contributed by atoms with Gasteiger partial charge in [0.2, 0.25) is 0 Å². The maximum absolute atomic E-state index is 6.28. The molecule has 0 aliphatic heterocycles. The molecule has 2 unspecified atom stereocenters. The van der Waals surface area contributed by atoms with Gasteiger partial charge in [0.1, 0.15) is 0 Å². The average Bonchev–Trinajstić information content (AvgIpc) is 2.83. The standard InChI is InChI=1S/C18H31NOS/c1-5-15-8-6-7-9-18(15)20-12-16-10-17(21-14(16)4)11-19-13(2)3/h10,13,15,18-19H,5-9,11-12H2,1-4H3. The van der Waals surface area contributed by atoms with E-state index in [-0.39, 0.29) is 0 Å². The van der Waals surface area contributed by atoms with Crippen LogP contribution in [-0.2, 0) is 17.9 Å². The molecule has 2 atom stereocenters. The summed E-state index contributed by atoms with van der Waals surface area (Å²) < 4.78 is 6.28. The molecule has 0 aromatic carbocycles. The quantitative estimate of drug-likeness (QED) is 0.762. The number of rotatable bonds is 7. The summed E-state index contributed by atoms with van der Waals surface area (Å²) in [4.78, 5) is 2.84. The number of hydrogen-bond donors (Lipinski definition) is 1. The monoisotopic (exact) mass is 309 g/mol. The molecule has 0 radical (unpaired) electrons. The molecule has 0 spiro atoms. The molecule has 1 aliphatic carbocycles. The average molecular weight is 310 g/mol. The molecule has 3 heteroatoms. The lowest BCUT2D eigenvalue weighted by molar-refractivity contribution is -0.0222. The Kier molecular flexibility index (Phi) is 6.72. The third kappa shape index (κ3) is 5.08. The van der Waals surface area contributed by atoms with Crippen LogP contribution in [0.5, 0.6) is 0 Å². The van der Waals surface area contributed by atoms with E-state index in [9.17, 15) is 0 Å². The molecule has 1 aliphatic rings. The number of ether oxygens (including phenoxy) is 1. The summed E-state index contributed by atoms with van der Waals surface area (Å²) in [6, 6.07) is 2.87. The van der Waals surface area contributed by atoms with Gasteiger partial charge in [-0.3, -0.25) is 0 Å². The van der Waals surface area contributed by atoms with Crippen LogP contribution in [0.1, 0.15) is 68.2 Å². The first kappa shape index (κ1) is 17.0. The Morgan fingerprint density at radius 3 is 2.81 bits per heavy atom. The van der Waals surface area contributed by atoms with E-state index in [4.69, 9.17) is 4.74 Å². The predicted molar refractivity (Wildman–Crippen MR) is 91.9 cm³/mol. The Balaban J connectivity index is 1.87. The molecule has 1 heterocycles. The predicted octanol–water partition coefficient (Wildman–Crippen LogP) is 5.04. The smallest absolute Gasteiger partial charge is 0.0731 e. The van der Waals surface area contributed by atoms with Crippen molar-refractivity contribution >= 4 is 11.3 Å². The van der Waals surface area contributed by atoms with Gasteiger partial charge in [0, 0.05) is 22.3 Å². The van der Waals surface area contributed by atoms with E-state index in [1.807, 2.05) is 11.3 Å². The van der Waals surface area contributed by atoms with Crippen LogP contribution in [0, 0.1) is 12.8 Å². The van der Waals surface area contributed by atoms with Crippen molar-refractivity contribution < 1.29 is 4.74 Å². The van der Waals surface area contributed by atoms with Crippen LogP contribution in [0.2, 0.25) is 0 Å². The fourth-order valence-electron chi connectivity index (χ4n) is 3.18. The molecule has 0 saturated heterocycles. The molecule has 0 amide bonds. The molecule has 2 nitrogen and oxygen atoms in total. The van der Waals surface area contributed by atoms with Crippen molar-refractivity contribution in [1.82, 2.24) is 5.32 Å². The van der Waals surface area contributed by atoms with Crippen molar-refractivity contribution in [3.8, 4) is 0 Å². The molecular formula is C18H31NOS. The maximum atomic E-state index is 6.28. The van der Waals surface area contributed by atoms with Gasteiger partial charge in [0.15, 0.2) is 0 Å². The zero-order valence-electron chi connectivity index (χ0n) is 14.1. The van der Waals surface area contributed by atoms with Gasteiger partial charge in [-0.25, -0.2) is 0 Å². The molecule has 1 aromatic rings. The lowest BCUT2D eigenvalue weighted by Gasteiger charge is -2.30. The molecule has 120 valence electrons. The van der Waals surface area contributed by atoms with Gasteiger partial charge in [-0.2, -0.15) is 0 Å². The second-order valence-corrected chi connectivity index (χ2v) is 7.97. The van der Waals surface area contributed by atoms with Gasteiger partial charge >= 0.3 is 0 Å². The summed E-state index contributed by atoms with van der Waals surface area (Å²) in [5, 5.41) is 3.49. The molecule has 2 rings (SSSR count). The highest BCUT2D eigenvalue weighted by Crippen LogP contribution is 2.31. The molecule has 1 aromatic heterocycles. The summed E-state index contributed by atoms with van der Waals surface area (Å²) in [5.74, 6) is 0.778. The van der Waals surface area contributed by atoms with Gasteiger partial charge < -0.3 is 10.1 Å². The fraction of sp³-hybridized carbons (Fsp3) is 0.778. The second kappa shape index (κ2) is 8.30. The van der Waals surface area contributed by atoms with Crippen LogP contribution in [0.15, 0.2) is 6.07 Å². The van der Waals surface area contributed by atoms with Crippen LogP contribution in [0.3, 0.4) is 0 Å². The van der Waals surface area contributed by atoms with E-state index in [1.165, 1.54) is 47.4 Å². The molecule has 1 fully saturated rings. The lowest BCUT2D eigenvalue weighted by atomic mass is 9.85. The summed E-state index contributed by atoms with van der Waals surface area (Å²) in [5.41, 5.74) is 1.39. The zero-order valence-corrected chi connectivity index (χ0v) is 14.9. The number of hydrogen-bond acceptors (Lipinski definition) is 3. The first-order valence-corrected chi connectivity index (χ1v) is 9.35. The third-order valence-corrected chi connectivity index (χ3v) is 5.67. The third-order valence-electron chi connectivity index (χ3n) is 4.57. The van der Waals surface area contributed by atoms with Crippen molar-refractivity contribution in [2.45, 2.75) is 85.1 Å². The van der Waals surface area contributed by atoms with Crippen molar-refractivity contribution in [3.05, 3.63) is 21.4 Å². The maximum Gasteiger partial charge on any atom is 0.0731 e. The Labute approximate surface area is 134 Å². The topological polar surface area (TPSA) is 21.3 Å². The lowest BCUT2D eigenvalue weighted by Crippen LogP contribution is -2.27. The number of thiophene rings is 1. The minimum atomic E-state index is 0.486. The molecule has 21 heavy (non-hydrogen) atoms. The summed E-state index contributed by atoms with van der Waals surface area (Å²) in [6.07, 6.45) is 7.09. The highest BCUT2D eigenvalue weighted by Gasteiger charge is 2.24. The first-order valence-electron chi connectivity index (χ1n) is 8.53. The first-order chi connectivity index (χ1) is 10.1. The van der Waals surface area contributed by atoms with Gasteiger partial charge in [-0.1, -0.05) is 40.0 Å². The van der Waals surface area contributed by atoms with E-state index in [1.54, 1.807) is 0 Å². The minimum Gasteiger partial charge on any atom is -0.373 e. The van der Waals surface area contributed by atoms with Crippen molar-refractivity contribution in [3.63, 3.8) is 0 Å². The molecule has 1 N–H and O–H groups in total. The Morgan fingerprint density at radius 1 is 1.33 bits per heavy atom. The highest BCUT2D eigenvalue weighted by molar-refractivity contribution is 7.12. The summed E-state index contributed by atoms with van der Waals surface area (Å²) in [6.45, 7) is 10.7. The Bertz CT molecular complexity index is 427. The van der Waals surface area contributed by atoms with E-state index >= 15 is 0 Å². The second-order valence-electron chi connectivity index (χ2n) is 6.63. The zero-order chi connectivity index (χ0) is 15.2. The SMILES string of the molecule is CCC1CCCCC1OCc1cc(CNC(C)C)sc1C. The molecule has 1 saturated carbocycles. The summed E-state index contributed by atoms with van der Waals surface area (Å²) in [7, 11) is 0. The van der Waals surface area contributed by atoms with Crippen LogP contribution < -0.4 is 5.32 Å². The van der Waals surface area contributed by atoms with E-state index in [0.717, 1.165) is 19.1 Å². The Morgan fingerprint density at radius 2 is 2.10 bits per heavy atom. The van der Waals surface area contributed by atoms with E-state index in [2.05, 4.69) is 39.1 Å². The van der Waals surface area contributed by atoms with Crippen molar-refractivity contribution in [2.24, 2.45) is 5.92 Å². The highest BCUT2D eigenvalue weighted by atomic mass is 32.1. The largest absolute Gasteiger partial charge is 0.373 e. The summed E-state index contributed by atoms with van der Waals surface area (Å²) >= 11 is 1.91. The van der Waals surface area contributed by atoms with Crippen molar-refractivity contribution in [1.29, 1.82) is 0 Å². The normalized spacial score (nSPS) is 22.9. The number of nitrogens with one attached hydrogen (secondary N) is 1.